The summed E-state index contributed by atoms with van der Waals surface area (Å²) in [4.78, 5) is 26.1. The van der Waals surface area contributed by atoms with Crippen molar-refractivity contribution in [2.45, 2.75) is 13.8 Å². The number of rotatable bonds is 2. The van der Waals surface area contributed by atoms with Crippen molar-refractivity contribution in [3.05, 3.63) is 34.5 Å². The first-order valence-electron chi connectivity index (χ1n) is 5.47. The zero-order valence-electron chi connectivity index (χ0n) is 10.5. The number of primary amides is 1. The van der Waals surface area contributed by atoms with Gasteiger partial charge in [-0.3, -0.25) is 4.79 Å². The number of fused-ring (bicyclic) bond motifs is 1. The molecule has 5 nitrogen and oxygen atoms in total. The van der Waals surface area contributed by atoms with E-state index >= 15 is 0 Å². The van der Waals surface area contributed by atoms with Gasteiger partial charge >= 0.3 is 5.97 Å². The van der Waals surface area contributed by atoms with Crippen molar-refractivity contribution in [2.75, 3.05) is 7.11 Å². The number of ether oxygens (including phenoxy) is 1. The second kappa shape index (κ2) is 4.18. The summed E-state index contributed by atoms with van der Waals surface area (Å²) in [6.07, 6.45) is 0. The number of aromatic amines is 1. The number of esters is 1. The highest BCUT2D eigenvalue weighted by Crippen LogP contribution is 2.28. The maximum atomic E-state index is 11.8. The molecular formula is C13H14N2O3. The third-order valence-electron chi connectivity index (χ3n) is 3.06. The van der Waals surface area contributed by atoms with Crippen molar-refractivity contribution < 1.29 is 14.3 Å². The van der Waals surface area contributed by atoms with Gasteiger partial charge in [-0.2, -0.15) is 0 Å². The van der Waals surface area contributed by atoms with Crippen molar-refractivity contribution in [1.29, 1.82) is 0 Å². The fourth-order valence-corrected chi connectivity index (χ4v) is 2.17. The molecule has 0 aliphatic carbocycles. The summed E-state index contributed by atoms with van der Waals surface area (Å²) in [7, 11) is 1.33. The second-order valence-corrected chi connectivity index (χ2v) is 4.16. The Morgan fingerprint density at radius 1 is 1.28 bits per heavy atom. The highest BCUT2D eigenvalue weighted by Gasteiger charge is 2.20. The van der Waals surface area contributed by atoms with E-state index < -0.39 is 11.9 Å². The standard InChI is InChI=1S/C13H14N2O3/c1-6-4-5-8-10(9(6)13(17)18-3)7(2)11(15-8)12(14)16/h4-5,15H,1-3H3,(H2,14,16). The van der Waals surface area contributed by atoms with Crippen LogP contribution in [0.4, 0.5) is 0 Å². The minimum Gasteiger partial charge on any atom is -0.465 e. The molecule has 1 amide bonds. The number of carbonyl (C=O) groups is 2. The lowest BCUT2D eigenvalue weighted by Gasteiger charge is -2.06. The molecule has 0 aliphatic heterocycles. The molecule has 0 saturated heterocycles. The molecule has 0 saturated carbocycles. The third kappa shape index (κ3) is 1.64. The molecule has 0 unspecified atom stereocenters. The summed E-state index contributed by atoms with van der Waals surface area (Å²) in [6, 6.07) is 3.62. The van der Waals surface area contributed by atoms with E-state index in [1.54, 1.807) is 13.0 Å². The van der Waals surface area contributed by atoms with E-state index in [-0.39, 0.29) is 0 Å². The minimum absolute atomic E-state index is 0.320. The van der Waals surface area contributed by atoms with E-state index in [0.29, 0.717) is 27.7 Å². The maximum Gasteiger partial charge on any atom is 0.338 e. The molecule has 2 aromatic rings. The lowest BCUT2D eigenvalue weighted by molar-refractivity contribution is 0.0602. The molecule has 0 aliphatic rings. The number of nitrogens with one attached hydrogen (secondary N) is 1. The van der Waals surface area contributed by atoms with E-state index in [9.17, 15) is 9.59 Å². The number of carbonyl (C=O) groups excluding carboxylic acids is 2. The van der Waals surface area contributed by atoms with Crippen LogP contribution >= 0.6 is 0 Å². The fraction of sp³-hybridized carbons (Fsp3) is 0.231. The van der Waals surface area contributed by atoms with Crippen LogP contribution in [-0.4, -0.2) is 24.0 Å². The quantitative estimate of drug-likeness (QED) is 0.790. The average molecular weight is 246 g/mol. The van der Waals surface area contributed by atoms with Crippen molar-refractivity contribution >= 4 is 22.8 Å². The summed E-state index contributed by atoms with van der Waals surface area (Å²) >= 11 is 0. The summed E-state index contributed by atoms with van der Waals surface area (Å²) in [5, 5.41) is 0.690. The Hall–Kier alpha value is -2.30. The molecule has 1 aromatic carbocycles. The van der Waals surface area contributed by atoms with Crippen LogP contribution in [-0.2, 0) is 4.74 Å². The molecule has 1 aromatic heterocycles. The van der Waals surface area contributed by atoms with Crippen LogP contribution in [0.15, 0.2) is 12.1 Å². The van der Waals surface area contributed by atoms with Crippen LogP contribution < -0.4 is 5.73 Å². The van der Waals surface area contributed by atoms with Gasteiger partial charge in [0.25, 0.3) is 5.91 Å². The molecule has 1 heterocycles. The number of nitrogens with two attached hydrogens (primary N) is 1. The van der Waals surface area contributed by atoms with E-state index in [1.165, 1.54) is 7.11 Å². The Morgan fingerprint density at radius 3 is 2.50 bits per heavy atom. The summed E-state index contributed by atoms with van der Waals surface area (Å²) in [6.45, 7) is 3.58. The average Bonchev–Trinajstić information content (AvgIpc) is 2.66. The highest BCUT2D eigenvalue weighted by atomic mass is 16.5. The molecule has 18 heavy (non-hydrogen) atoms. The normalized spacial score (nSPS) is 10.6. The molecule has 94 valence electrons. The lowest BCUT2D eigenvalue weighted by atomic mass is 10.0. The molecule has 5 heteroatoms. The Morgan fingerprint density at radius 2 is 1.94 bits per heavy atom. The predicted octanol–water partition coefficient (Wildman–Crippen LogP) is 1.67. The van der Waals surface area contributed by atoms with Crippen LogP contribution in [0.3, 0.4) is 0 Å². The number of hydrogen-bond acceptors (Lipinski definition) is 3. The first kappa shape index (κ1) is 12.2. The van der Waals surface area contributed by atoms with Crippen molar-refractivity contribution in [2.24, 2.45) is 5.73 Å². The molecule has 0 spiro atoms. The van der Waals surface area contributed by atoms with E-state index in [1.807, 2.05) is 13.0 Å². The van der Waals surface area contributed by atoms with Gasteiger partial charge in [0.1, 0.15) is 5.69 Å². The van der Waals surface area contributed by atoms with Crippen LogP contribution in [0.5, 0.6) is 0 Å². The summed E-state index contributed by atoms with van der Waals surface area (Å²) in [5.74, 6) is -0.964. The first-order chi connectivity index (χ1) is 8.47. The van der Waals surface area contributed by atoms with Crippen molar-refractivity contribution in [3.8, 4) is 0 Å². The van der Waals surface area contributed by atoms with Gasteiger partial charge in [0, 0.05) is 10.9 Å². The molecule has 0 radical (unpaired) electrons. The second-order valence-electron chi connectivity index (χ2n) is 4.16. The largest absolute Gasteiger partial charge is 0.465 e. The first-order valence-corrected chi connectivity index (χ1v) is 5.47. The maximum absolute atomic E-state index is 11.8. The Kier molecular flexibility index (Phi) is 2.82. The van der Waals surface area contributed by atoms with Gasteiger partial charge in [0.05, 0.1) is 12.7 Å². The highest BCUT2D eigenvalue weighted by molar-refractivity contribution is 6.10. The molecular weight excluding hydrogens is 232 g/mol. The Balaban J connectivity index is 2.88. The molecule has 3 N–H and O–H groups in total. The molecule has 0 bridgehead atoms. The van der Waals surface area contributed by atoms with Gasteiger partial charge in [-0.1, -0.05) is 6.07 Å². The molecule has 2 rings (SSSR count). The zero-order valence-corrected chi connectivity index (χ0v) is 10.5. The molecule has 0 fully saturated rings. The van der Waals surface area contributed by atoms with Gasteiger partial charge in [-0.15, -0.1) is 0 Å². The SMILES string of the molecule is COC(=O)c1c(C)ccc2[nH]c(C(N)=O)c(C)c12. The van der Waals surface area contributed by atoms with Crippen molar-refractivity contribution in [3.63, 3.8) is 0 Å². The molecule has 0 atom stereocenters. The van der Waals surface area contributed by atoms with E-state index in [4.69, 9.17) is 10.5 Å². The fourth-order valence-electron chi connectivity index (χ4n) is 2.17. The van der Waals surface area contributed by atoms with Crippen LogP contribution in [0.1, 0.15) is 32.0 Å². The van der Waals surface area contributed by atoms with Gasteiger partial charge in [0.15, 0.2) is 0 Å². The third-order valence-corrected chi connectivity index (χ3v) is 3.06. The number of aryl methyl sites for hydroxylation is 2. The van der Waals surface area contributed by atoms with Gasteiger partial charge in [-0.05, 0) is 31.0 Å². The monoisotopic (exact) mass is 246 g/mol. The number of aromatic nitrogens is 1. The number of benzene rings is 1. The summed E-state index contributed by atoms with van der Waals surface area (Å²) in [5.41, 5.74) is 8.25. The number of amides is 1. The van der Waals surface area contributed by atoms with Crippen LogP contribution in [0, 0.1) is 13.8 Å². The predicted molar refractivity (Wildman–Crippen MR) is 67.6 cm³/mol. The number of methoxy groups -OCH3 is 1. The Labute approximate surface area is 104 Å². The lowest BCUT2D eigenvalue weighted by Crippen LogP contribution is -2.12. The smallest absolute Gasteiger partial charge is 0.338 e. The minimum atomic E-state index is -0.544. The van der Waals surface area contributed by atoms with Crippen LogP contribution in [0.25, 0.3) is 10.9 Å². The number of H-pyrrole nitrogens is 1. The zero-order chi connectivity index (χ0) is 13.4. The Bertz CT molecular complexity index is 656. The number of hydrogen-bond donors (Lipinski definition) is 2. The van der Waals surface area contributed by atoms with Gasteiger partial charge < -0.3 is 15.5 Å². The van der Waals surface area contributed by atoms with Gasteiger partial charge in [0.2, 0.25) is 0 Å². The van der Waals surface area contributed by atoms with Gasteiger partial charge in [-0.25, -0.2) is 4.79 Å². The van der Waals surface area contributed by atoms with Crippen LogP contribution in [0.2, 0.25) is 0 Å². The van der Waals surface area contributed by atoms with E-state index in [0.717, 1.165) is 5.56 Å². The van der Waals surface area contributed by atoms with E-state index in [2.05, 4.69) is 4.98 Å². The van der Waals surface area contributed by atoms with Crippen molar-refractivity contribution in [1.82, 2.24) is 4.98 Å². The summed E-state index contributed by atoms with van der Waals surface area (Å²) < 4.78 is 4.78. The topological polar surface area (TPSA) is 85.2 Å².